The Bertz CT molecular complexity index is 1020. The van der Waals surface area contributed by atoms with E-state index in [0.29, 0.717) is 19.0 Å². The smallest absolute Gasteiger partial charge is 0.410 e. The van der Waals surface area contributed by atoms with Gasteiger partial charge in [0, 0.05) is 30.3 Å². The zero-order valence-corrected chi connectivity index (χ0v) is 21.5. The van der Waals surface area contributed by atoms with Crippen LogP contribution in [-0.4, -0.2) is 34.7 Å². The number of ether oxygens (including phenoxy) is 1. The molecule has 1 amide bonds. The van der Waals surface area contributed by atoms with Gasteiger partial charge in [0.1, 0.15) is 5.60 Å². The van der Waals surface area contributed by atoms with Gasteiger partial charge in [-0.3, -0.25) is 4.98 Å². The summed E-state index contributed by atoms with van der Waals surface area (Å²) in [6.07, 6.45) is 4.06. The molecular formula is C29H40N2O2. The van der Waals surface area contributed by atoms with Gasteiger partial charge >= 0.3 is 6.09 Å². The number of piperidine rings is 1. The summed E-state index contributed by atoms with van der Waals surface area (Å²) < 4.78 is 5.54. The van der Waals surface area contributed by atoms with Crippen molar-refractivity contribution < 1.29 is 9.53 Å². The van der Waals surface area contributed by atoms with E-state index < -0.39 is 5.60 Å². The fourth-order valence-electron chi connectivity index (χ4n) is 5.27. The van der Waals surface area contributed by atoms with Gasteiger partial charge in [-0.05, 0) is 86.6 Å². The van der Waals surface area contributed by atoms with E-state index in [2.05, 4.69) is 64.1 Å². The number of hydrogen-bond acceptors (Lipinski definition) is 3. The SMILES string of the molecule is CC(C)(C)OC(=O)N1CCC(c2cccc(-c3ccc4c(c3)C(C)(C)CCC4(C)C)n2)CC1. The van der Waals surface area contributed by atoms with Gasteiger partial charge in [-0.1, -0.05) is 45.9 Å². The van der Waals surface area contributed by atoms with Gasteiger partial charge in [-0.25, -0.2) is 4.79 Å². The maximum atomic E-state index is 12.4. The summed E-state index contributed by atoms with van der Waals surface area (Å²) in [5.41, 5.74) is 6.28. The Morgan fingerprint density at radius 1 is 0.970 bits per heavy atom. The Morgan fingerprint density at radius 2 is 1.61 bits per heavy atom. The molecule has 1 aromatic carbocycles. The molecule has 0 saturated carbocycles. The van der Waals surface area contributed by atoms with E-state index in [9.17, 15) is 4.79 Å². The second kappa shape index (κ2) is 8.45. The van der Waals surface area contributed by atoms with Crippen molar-refractivity contribution in [1.82, 2.24) is 9.88 Å². The number of rotatable bonds is 2. The summed E-state index contributed by atoms with van der Waals surface area (Å²) >= 11 is 0. The van der Waals surface area contributed by atoms with Crippen LogP contribution in [0.25, 0.3) is 11.3 Å². The predicted molar refractivity (Wildman–Crippen MR) is 135 cm³/mol. The predicted octanol–water partition coefficient (Wildman–Crippen LogP) is 7.21. The lowest BCUT2D eigenvalue weighted by Crippen LogP contribution is -2.41. The van der Waals surface area contributed by atoms with Crippen molar-refractivity contribution in [1.29, 1.82) is 0 Å². The summed E-state index contributed by atoms with van der Waals surface area (Å²) in [5.74, 6) is 0.372. The van der Waals surface area contributed by atoms with Crippen LogP contribution >= 0.6 is 0 Å². The number of benzene rings is 1. The highest BCUT2D eigenvalue weighted by Crippen LogP contribution is 2.46. The number of fused-ring (bicyclic) bond motifs is 1. The van der Waals surface area contributed by atoms with Crippen molar-refractivity contribution in [2.24, 2.45) is 0 Å². The van der Waals surface area contributed by atoms with Gasteiger partial charge in [-0.2, -0.15) is 0 Å². The van der Waals surface area contributed by atoms with Crippen LogP contribution < -0.4 is 0 Å². The molecule has 1 fully saturated rings. The lowest BCUT2D eigenvalue weighted by Gasteiger charge is -2.42. The highest BCUT2D eigenvalue weighted by atomic mass is 16.6. The Kier molecular flexibility index (Phi) is 6.09. The van der Waals surface area contributed by atoms with Crippen molar-refractivity contribution in [3.63, 3.8) is 0 Å². The van der Waals surface area contributed by atoms with Gasteiger partial charge in [-0.15, -0.1) is 0 Å². The zero-order chi connectivity index (χ0) is 24.0. The van der Waals surface area contributed by atoms with Crippen molar-refractivity contribution in [3.8, 4) is 11.3 Å². The summed E-state index contributed by atoms with van der Waals surface area (Å²) in [4.78, 5) is 19.3. The Labute approximate surface area is 199 Å². The van der Waals surface area contributed by atoms with Crippen LogP contribution in [0.4, 0.5) is 4.79 Å². The van der Waals surface area contributed by atoms with Crippen LogP contribution in [0.15, 0.2) is 36.4 Å². The van der Waals surface area contributed by atoms with Crippen molar-refractivity contribution in [2.45, 2.75) is 96.5 Å². The minimum absolute atomic E-state index is 0.187. The standard InChI is InChI=1S/C29H40N2O2/c1-27(2,3)33-26(32)31-17-13-20(14-18-31)24-9-8-10-25(30-24)21-11-12-22-23(19-21)29(6,7)16-15-28(22,4)5/h8-12,19-20H,13-18H2,1-7H3. The van der Waals surface area contributed by atoms with Crippen LogP contribution in [0.1, 0.15) is 96.9 Å². The molecule has 1 aliphatic carbocycles. The first kappa shape index (κ1) is 23.8. The third-order valence-corrected chi connectivity index (χ3v) is 7.48. The van der Waals surface area contributed by atoms with Gasteiger partial charge in [0.25, 0.3) is 0 Å². The maximum Gasteiger partial charge on any atom is 0.410 e. The fraction of sp³-hybridized carbons (Fsp3) is 0.586. The molecule has 178 valence electrons. The molecule has 0 spiro atoms. The average Bonchev–Trinajstić information content (AvgIpc) is 2.76. The first-order valence-electron chi connectivity index (χ1n) is 12.5. The minimum Gasteiger partial charge on any atom is -0.444 e. The molecule has 0 bridgehead atoms. The van der Waals surface area contributed by atoms with E-state index in [1.807, 2.05) is 25.7 Å². The molecule has 1 aromatic heterocycles. The number of pyridine rings is 1. The number of carbonyl (C=O) groups is 1. The highest BCUT2D eigenvalue weighted by Gasteiger charge is 2.37. The highest BCUT2D eigenvalue weighted by molar-refractivity contribution is 5.68. The number of likely N-dealkylation sites (tertiary alicyclic amines) is 1. The van der Waals surface area contributed by atoms with Crippen molar-refractivity contribution >= 4 is 6.09 Å². The molecular weight excluding hydrogens is 408 g/mol. The van der Waals surface area contributed by atoms with E-state index in [0.717, 1.165) is 24.2 Å². The molecule has 1 saturated heterocycles. The molecule has 0 radical (unpaired) electrons. The van der Waals surface area contributed by atoms with Crippen LogP contribution in [0.3, 0.4) is 0 Å². The summed E-state index contributed by atoms with van der Waals surface area (Å²) in [6, 6.07) is 13.4. The van der Waals surface area contributed by atoms with Gasteiger partial charge in [0.15, 0.2) is 0 Å². The number of hydrogen-bond donors (Lipinski definition) is 0. The maximum absolute atomic E-state index is 12.4. The number of nitrogens with zero attached hydrogens (tertiary/aromatic N) is 2. The topological polar surface area (TPSA) is 42.4 Å². The summed E-state index contributed by atoms with van der Waals surface area (Å²) in [6.45, 7) is 16.6. The van der Waals surface area contributed by atoms with Gasteiger partial charge in [0.2, 0.25) is 0 Å². The van der Waals surface area contributed by atoms with E-state index in [-0.39, 0.29) is 16.9 Å². The molecule has 0 atom stereocenters. The normalized spacial score (nSPS) is 20.3. The first-order chi connectivity index (χ1) is 15.4. The lowest BCUT2D eigenvalue weighted by atomic mass is 9.63. The van der Waals surface area contributed by atoms with Crippen LogP contribution in [0, 0.1) is 0 Å². The molecule has 4 nitrogen and oxygen atoms in total. The van der Waals surface area contributed by atoms with Crippen molar-refractivity contribution in [3.05, 3.63) is 53.2 Å². The van der Waals surface area contributed by atoms with E-state index in [4.69, 9.17) is 9.72 Å². The fourth-order valence-corrected chi connectivity index (χ4v) is 5.27. The third-order valence-electron chi connectivity index (χ3n) is 7.48. The number of aromatic nitrogens is 1. The van der Waals surface area contributed by atoms with Crippen LogP contribution in [0.2, 0.25) is 0 Å². The van der Waals surface area contributed by atoms with E-state index in [1.54, 1.807) is 0 Å². The quantitative estimate of drug-likeness (QED) is 0.487. The molecule has 4 rings (SSSR count). The first-order valence-corrected chi connectivity index (χ1v) is 12.5. The molecule has 0 N–H and O–H groups in total. The molecule has 2 aromatic rings. The van der Waals surface area contributed by atoms with Crippen LogP contribution in [0.5, 0.6) is 0 Å². The number of amides is 1. The van der Waals surface area contributed by atoms with Gasteiger partial charge < -0.3 is 9.64 Å². The Balaban J connectivity index is 1.52. The second-order valence-electron chi connectivity index (χ2n) is 12.2. The molecule has 2 heterocycles. The molecule has 0 unspecified atom stereocenters. The number of carbonyl (C=O) groups excluding carboxylic acids is 1. The molecule has 1 aliphatic heterocycles. The second-order valence-corrected chi connectivity index (χ2v) is 12.2. The zero-order valence-electron chi connectivity index (χ0n) is 21.5. The van der Waals surface area contributed by atoms with Crippen LogP contribution in [-0.2, 0) is 15.6 Å². The molecule has 4 heteroatoms. The summed E-state index contributed by atoms with van der Waals surface area (Å²) in [7, 11) is 0. The Hall–Kier alpha value is -2.36. The molecule has 2 aliphatic rings. The van der Waals surface area contributed by atoms with E-state index >= 15 is 0 Å². The van der Waals surface area contributed by atoms with Crippen molar-refractivity contribution in [2.75, 3.05) is 13.1 Å². The summed E-state index contributed by atoms with van der Waals surface area (Å²) in [5, 5.41) is 0. The Morgan fingerprint density at radius 3 is 2.24 bits per heavy atom. The average molecular weight is 449 g/mol. The largest absolute Gasteiger partial charge is 0.444 e. The van der Waals surface area contributed by atoms with E-state index in [1.165, 1.54) is 29.5 Å². The molecule has 33 heavy (non-hydrogen) atoms. The third kappa shape index (κ3) is 5.10. The monoisotopic (exact) mass is 448 g/mol. The lowest BCUT2D eigenvalue weighted by molar-refractivity contribution is 0.0204. The minimum atomic E-state index is -0.456. The van der Waals surface area contributed by atoms with Gasteiger partial charge in [0.05, 0.1) is 5.69 Å².